The topological polar surface area (TPSA) is 67.9 Å². The van der Waals surface area contributed by atoms with E-state index in [1.807, 2.05) is 35.2 Å². The van der Waals surface area contributed by atoms with Gasteiger partial charge in [-0.25, -0.2) is 4.79 Å². The largest absolute Gasteiger partial charge is 0.465 e. The molecule has 2 rings (SSSR count). The van der Waals surface area contributed by atoms with Gasteiger partial charge in [0.15, 0.2) is 0 Å². The molecule has 1 saturated heterocycles. The molecule has 0 spiro atoms. The number of amides is 1. The lowest BCUT2D eigenvalue weighted by Gasteiger charge is -2.30. The number of ether oxygens (including phenoxy) is 2. The van der Waals surface area contributed by atoms with Gasteiger partial charge < -0.3 is 19.7 Å². The molecule has 6 nitrogen and oxygen atoms in total. The van der Waals surface area contributed by atoms with Gasteiger partial charge >= 0.3 is 12.1 Å². The van der Waals surface area contributed by atoms with Gasteiger partial charge in [-0.15, -0.1) is 6.58 Å². The number of alkyl carbamates (subject to hydrolysis) is 1. The minimum absolute atomic E-state index is 0.133. The Balaban J connectivity index is 2.07. The van der Waals surface area contributed by atoms with Crippen molar-refractivity contribution in [3.63, 3.8) is 0 Å². The zero-order valence-electron chi connectivity index (χ0n) is 15.6. The Bertz CT molecular complexity index is 659. The minimum Gasteiger partial charge on any atom is -0.465 e. The average Bonchev–Trinajstić information content (AvgIpc) is 3.21. The summed E-state index contributed by atoms with van der Waals surface area (Å²) in [5.41, 5.74) is 0.872. The van der Waals surface area contributed by atoms with Crippen LogP contribution < -0.4 is 5.32 Å². The highest BCUT2D eigenvalue weighted by Gasteiger charge is 2.35. The first-order chi connectivity index (χ1) is 13.1. The van der Waals surface area contributed by atoms with E-state index in [9.17, 15) is 9.59 Å². The van der Waals surface area contributed by atoms with E-state index in [1.54, 1.807) is 6.92 Å². The van der Waals surface area contributed by atoms with E-state index < -0.39 is 24.0 Å². The van der Waals surface area contributed by atoms with Crippen LogP contribution in [0.4, 0.5) is 4.79 Å². The number of thiocarbonyl (C=S) groups is 1. The molecule has 0 aromatic heterocycles. The maximum absolute atomic E-state index is 12.3. The van der Waals surface area contributed by atoms with Gasteiger partial charge in [0.1, 0.15) is 17.5 Å². The van der Waals surface area contributed by atoms with Crippen molar-refractivity contribution in [2.45, 2.75) is 32.4 Å². The molecule has 0 bridgehead atoms. The fourth-order valence-corrected chi connectivity index (χ4v) is 3.33. The molecule has 1 heterocycles. The van der Waals surface area contributed by atoms with Crippen molar-refractivity contribution in [2.75, 3.05) is 19.7 Å². The Kier molecular flexibility index (Phi) is 8.26. The fraction of sp³-hybridized carbons (Fsp3) is 0.450. The molecule has 0 saturated carbocycles. The van der Waals surface area contributed by atoms with E-state index >= 15 is 0 Å². The first kappa shape index (κ1) is 20.9. The van der Waals surface area contributed by atoms with Crippen molar-refractivity contribution in [2.24, 2.45) is 5.92 Å². The fourth-order valence-electron chi connectivity index (χ4n) is 2.94. The lowest BCUT2D eigenvalue weighted by Crippen LogP contribution is -2.52. The van der Waals surface area contributed by atoms with Crippen LogP contribution in [0, 0.1) is 5.92 Å². The first-order valence-corrected chi connectivity index (χ1v) is 9.52. The number of rotatable bonds is 8. The van der Waals surface area contributed by atoms with Crippen LogP contribution in [0.3, 0.4) is 0 Å². The number of hydrogen-bond donors (Lipinski definition) is 1. The third-order valence-corrected chi connectivity index (χ3v) is 4.85. The zero-order valence-corrected chi connectivity index (χ0v) is 16.4. The van der Waals surface area contributed by atoms with Crippen molar-refractivity contribution in [1.82, 2.24) is 10.2 Å². The Hall–Kier alpha value is -2.41. The second kappa shape index (κ2) is 10.7. The Morgan fingerprint density at radius 1 is 1.26 bits per heavy atom. The molecule has 2 atom stereocenters. The lowest BCUT2D eigenvalue weighted by molar-refractivity contribution is -0.146. The summed E-state index contributed by atoms with van der Waals surface area (Å²) >= 11 is 5.58. The molecule has 1 N–H and O–H groups in total. The highest BCUT2D eigenvalue weighted by Crippen LogP contribution is 2.17. The van der Waals surface area contributed by atoms with Gasteiger partial charge in [-0.05, 0) is 25.3 Å². The Morgan fingerprint density at radius 2 is 1.93 bits per heavy atom. The van der Waals surface area contributed by atoms with Gasteiger partial charge in [-0.2, -0.15) is 0 Å². The maximum Gasteiger partial charge on any atom is 0.408 e. The van der Waals surface area contributed by atoms with Gasteiger partial charge in [0.05, 0.1) is 12.6 Å². The highest BCUT2D eigenvalue weighted by molar-refractivity contribution is 7.80. The summed E-state index contributed by atoms with van der Waals surface area (Å²) in [7, 11) is 0. The molecule has 0 unspecified atom stereocenters. The molecule has 1 aromatic rings. The maximum atomic E-state index is 12.3. The number of hydrogen-bond acceptors (Lipinski definition) is 5. The van der Waals surface area contributed by atoms with E-state index in [4.69, 9.17) is 21.7 Å². The molecule has 7 heteroatoms. The van der Waals surface area contributed by atoms with Crippen molar-refractivity contribution in [3.05, 3.63) is 48.6 Å². The van der Waals surface area contributed by atoms with Crippen LogP contribution in [-0.2, 0) is 20.9 Å². The van der Waals surface area contributed by atoms with Gasteiger partial charge in [-0.3, -0.25) is 4.79 Å². The van der Waals surface area contributed by atoms with Crippen LogP contribution in [0.1, 0.15) is 25.3 Å². The summed E-state index contributed by atoms with van der Waals surface area (Å²) in [6, 6.07) is 8.63. The van der Waals surface area contributed by atoms with Crippen molar-refractivity contribution < 1.29 is 19.1 Å². The van der Waals surface area contributed by atoms with E-state index in [2.05, 4.69) is 11.9 Å². The number of nitrogens with one attached hydrogen (secondary N) is 1. The minimum atomic E-state index is -0.776. The molecule has 1 aromatic carbocycles. The quantitative estimate of drug-likeness (QED) is 0.418. The van der Waals surface area contributed by atoms with Crippen LogP contribution in [0.5, 0.6) is 0 Å². The predicted molar refractivity (Wildman–Crippen MR) is 107 cm³/mol. The van der Waals surface area contributed by atoms with Crippen molar-refractivity contribution in [3.8, 4) is 0 Å². The van der Waals surface area contributed by atoms with Crippen LogP contribution in [-0.4, -0.2) is 47.7 Å². The number of carbonyl (C=O) groups excluding carboxylic acids is 2. The molecule has 0 aliphatic carbocycles. The summed E-state index contributed by atoms with van der Waals surface area (Å²) in [5.74, 6) is -1.25. The third kappa shape index (κ3) is 6.06. The summed E-state index contributed by atoms with van der Waals surface area (Å²) in [5, 5.41) is 2.74. The van der Waals surface area contributed by atoms with Gasteiger partial charge in [0.25, 0.3) is 0 Å². The predicted octanol–water partition coefficient (Wildman–Crippen LogP) is 3.07. The van der Waals surface area contributed by atoms with E-state index in [0.29, 0.717) is 4.99 Å². The summed E-state index contributed by atoms with van der Waals surface area (Å²) < 4.78 is 10.4. The second-order valence-electron chi connectivity index (χ2n) is 6.23. The molecule has 1 fully saturated rings. The first-order valence-electron chi connectivity index (χ1n) is 9.12. The third-order valence-electron chi connectivity index (χ3n) is 4.34. The number of nitrogens with zero attached hydrogens (tertiary/aromatic N) is 1. The molecule has 27 heavy (non-hydrogen) atoms. The summed E-state index contributed by atoms with van der Waals surface area (Å²) in [6.07, 6.45) is 2.89. The molecule has 146 valence electrons. The molecular weight excluding hydrogens is 364 g/mol. The summed E-state index contributed by atoms with van der Waals surface area (Å²) in [6.45, 7) is 7.44. The van der Waals surface area contributed by atoms with Crippen LogP contribution in [0.15, 0.2) is 43.0 Å². The van der Waals surface area contributed by atoms with E-state index in [-0.39, 0.29) is 13.2 Å². The SMILES string of the molecule is C=C[C@H](C(=O)OCC)[C@H](NC(=O)OCc1ccccc1)C(=S)N1CCCC1. The molecule has 0 radical (unpaired) electrons. The molecule has 1 aliphatic rings. The lowest BCUT2D eigenvalue weighted by atomic mass is 9.99. The van der Waals surface area contributed by atoms with Crippen molar-refractivity contribution >= 4 is 29.3 Å². The van der Waals surface area contributed by atoms with Crippen LogP contribution in [0.2, 0.25) is 0 Å². The number of likely N-dealkylation sites (tertiary alicyclic amines) is 1. The molecule has 1 aliphatic heterocycles. The van der Waals surface area contributed by atoms with E-state index in [0.717, 1.165) is 31.5 Å². The number of benzene rings is 1. The van der Waals surface area contributed by atoms with E-state index in [1.165, 1.54) is 6.08 Å². The van der Waals surface area contributed by atoms with Gasteiger partial charge in [0, 0.05) is 13.1 Å². The Morgan fingerprint density at radius 3 is 2.52 bits per heavy atom. The van der Waals surface area contributed by atoms with Crippen LogP contribution in [0.25, 0.3) is 0 Å². The highest BCUT2D eigenvalue weighted by atomic mass is 32.1. The van der Waals surface area contributed by atoms with Gasteiger partial charge in [0.2, 0.25) is 0 Å². The normalized spacial score (nSPS) is 15.5. The van der Waals surface area contributed by atoms with Crippen molar-refractivity contribution in [1.29, 1.82) is 0 Å². The van der Waals surface area contributed by atoms with Gasteiger partial charge in [-0.1, -0.05) is 48.6 Å². The molecule has 1 amide bonds. The average molecular weight is 391 g/mol. The monoisotopic (exact) mass is 390 g/mol. The standard InChI is InChI=1S/C20H26N2O4S/c1-3-16(19(23)25-4-2)17(18(27)22-12-8-9-13-22)21-20(24)26-14-15-10-6-5-7-11-15/h3,5-7,10-11,16-17H,1,4,8-9,12-14H2,2H3,(H,21,24)/t16-,17-/m0/s1. The smallest absolute Gasteiger partial charge is 0.408 e. The number of carbonyl (C=O) groups is 2. The summed E-state index contributed by atoms with van der Waals surface area (Å²) in [4.78, 5) is 27.2. The zero-order chi connectivity index (χ0) is 19.6. The number of esters is 1. The molecular formula is C20H26N2O4S. The van der Waals surface area contributed by atoms with Crippen LogP contribution >= 0.6 is 12.2 Å². The Labute approximate surface area is 165 Å². The second-order valence-corrected chi connectivity index (χ2v) is 6.65.